The molecule has 6 nitrogen and oxygen atoms in total. The fraction of sp³-hybridized carbons (Fsp3) is 0.556. The van der Waals surface area contributed by atoms with Gasteiger partial charge in [-0.1, -0.05) is 30.3 Å². The van der Waals surface area contributed by atoms with Crippen LogP contribution in [0.15, 0.2) is 30.3 Å². The Hall–Kier alpha value is -1.63. The topological polar surface area (TPSA) is 78.7 Å². The van der Waals surface area contributed by atoms with Gasteiger partial charge in [-0.2, -0.15) is 0 Å². The van der Waals surface area contributed by atoms with Crippen molar-refractivity contribution >= 4 is 24.2 Å². The first-order valence-electron chi connectivity index (χ1n) is 8.70. The van der Waals surface area contributed by atoms with Crippen molar-refractivity contribution in [3.8, 4) is 0 Å². The molecule has 0 saturated carbocycles. The molecule has 3 N–H and O–H groups in total. The highest BCUT2D eigenvalue weighted by Gasteiger charge is 2.18. The molecule has 0 bridgehead atoms. The Labute approximate surface area is 156 Å². The van der Waals surface area contributed by atoms with Crippen LogP contribution in [0, 0.1) is 0 Å². The van der Waals surface area contributed by atoms with Gasteiger partial charge < -0.3 is 16.0 Å². The van der Waals surface area contributed by atoms with Crippen LogP contribution in [0.5, 0.6) is 0 Å². The highest BCUT2D eigenvalue weighted by molar-refractivity contribution is 5.86. The molecule has 2 rings (SSSR count). The second-order valence-electron chi connectivity index (χ2n) is 6.17. The normalized spacial score (nSPS) is 13.6. The van der Waals surface area contributed by atoms with Gasteiger partial charge in [-0.15, -0.1) is 12.4 Å². The Morgan fingerprint density at radius 1 is 1.12 bits per heavy atom. The number of rotatable bonds is 9. The summed E-state index contributed by atoms with van der Waals surface area (Å²) in [7, 11) is 0. The number of nitrogens with zero attached hydrogens (tertiary/aromatic N) is 2. The summed E-state index contributed by atoms with van der Waals surface area (Å²) in [6, 6.07) is 10.2. The van der Waals surface area contributed by atoms with Gasteiger partial charge in [0.25, 0.3) is 0 Å². The van der Waals surface area contributed by atoms with E-state index in [2.05, 4.69) is 17.4 Å². The third-order valence-electron chi connectivity index (χ3n) is 4.27. The average molecular weight is 369 g/mol. The van der Waals surface area contributed by atoms with E-state index in [0.29, 0.717) is 13.1 Å². The number of carbonyl (C=O) groups is 2. The van der Waals surface area contributed by atoms with E-state index in [1.165, 1.54) is 5.56 Å². The molecule has 0 atom stereocenters. The lowest BCUT2D eigenvalue weighted by molar-refractivity contribution is -0.132. The van der Waals surface area contributed by atoms with Gasteiger partial charge in [0.1, 0.15) is 0 Å². The van der Waals surface area contributed by atoms with E-state index in [9.17, 15) is 9.59 Å². The van der Waals surface area contributed by atoms with E-state index < -0.39 is 0 Å². The molecule has 7 heteroatoms. The van der Waals surface area contributed by atoms with Crippen LogP contribution in [-0.4, -0.2) is 67.4 Å². The summed E-state index contributed by atoms with van der Waals surface area (Å²) in [5.41, 5.74) is 6.88. The second-order valence-corrected chi connectivity index (χ2v) is 6.17. The fourth-order valence-corrected chi connectivity index (χ4v) is 2.90. The van der Waals surface area contributed by atoms with Crippen molar-refractivity contribution < 1.29 is 9.59 Å². The number of halogens is 1. The molecule has 1 aromatic rings. The summed E-state index contributed by atoms with van der Waals surface area (Å²) in [5, 5.41) is 2.73. The quantitative estimate of drug-likeness (QED) is 0.670. The zero-order chi connectivity index (χ0) is 17.2. The first-order chi connectivity index (χ1) is 11.7. The SMILES string of the molecule is Cl.NCCN(CCc1ccccc1)CC(=O)NCC(=O)N1CCCC1. The zero-order valence-electron chi connectivity index (χ0n) is 14.7. The molecular weight excluding hydrogens is 340 g/mol. The molecule has 1 aliphatic heterocycles. The predicted molar refractivity (Wildman–Crippen MR) is 102 cm³/mol. The van der Waals surface area contributed by atoms with Gasteiger partial charge in [0.15, 0.2) is 0 Å². The van der Waals surface area contributed by atoms with Crippen molar-refractivity contribution in [2.75, 3.05) is 45.8 Å². The van der Waals surface area contributed by atoms with Crippen molar-refractivity contribution in [3.63, 3.8) is 0 Å². The van der Waals surface area contributed by atoms with E-state index >= 15 is 0 Å². The van der Waals surface area contributed by atoms with Crippen molar-refractivity contribution in [2.24, 2.45) is 5.73 Å². The van der Waals surface area contributed by atoms with Crippen molar-refractivity contribution in [2.45, 2.75) is 19.3 Å². The highest BCUT2D eigenvalue weighted by Crippen LogP contribution is 2.06. The van der Waals surface area contributed by atoms with Gasteiger partial charge in [-0.05, 0) is 24.8 Å². The van der Waals surface area contributed by atoms with Crippen LogP contribution in [0.25, 0.3) is 0 Å². The first-order valence-corrected chi connectivity index (χ1v) is 8.70. The number of likely N-dealkylation sites (tertiary alicyclic amines) is 1. The first kappa shape index (κ1) is 21.4. The monoisotopic (exact) mass is 368 g/mol. The third-order valence-corrected chi connectivity index (χ3v) is 4.27. The van der Waals surface area contributed by atoms with E-state index in [0.717, 1.165) is 38.9 Å². The maximum atomic E-state index is 12.1. The summed E-state index contributed by atoms with van der Waals surface area (Å²) in [6.45, 7) is 3.94. The summed E-state index contributed by atoms with van der Waals surface area (Å²) in [4.78, 5) is 27.9. The number of hydrogen-bond donors (Lipinski definition) is 2. The minimum Gasteiger partial charge on any atom is -0.346 e. The minimum absolute atomic E-state index is 0. The lowest BCUT2D eigenvalue weighted by Crippen LogP contribution is -2.44. The van der Waals surface area contributed by atoms with Crippen LogP contribution in [0.4, 0.5) is 0 Å². The molecule has 0 aliphatic carbocycles. The van der Waals surface area contributed by atoms with Gasteiger partial charge >= 0.3 is 0 Å². The molecule has 25 heavy (non-hydrogen) atoms. The smallest absolute Gasteiger partial charge is 0.241 e. The molecular formula is C18H29ClN4O2. The van der Waals surface area contributed by atoms with Crippen LogP contribution in [0.1, 0.15) is 18.4 Å². The highest BCUT2D eigenvalue weighted by atomic mass is 35.5. The Morgan fingerprint density at radius 2 is 1.80 bits per heavy atom. The van der Waals surface area contributed by atoms with Crippen molar-refractivity contribution in [3.05, 3.63) is 35.9 Å². The summed E-state index contributed by atoms with van der Waals surface area (Å²) in [6.07, 6.45) is 2.99. The minimum atomic E-state index is -0.121. The Morgan fingerprint density at radius 3 is 2.44 bits per heavy atom. The van der Waals surface area contributed by atoms with Gasteiger partial charge in [-0.3, -0.25) is 14.5 Å². The van der Waals surface area contributed by atoms with E-state index in [1.54, 1.807) is 0 Å². The molecule has 140 valence electrons. The maximum Gasteiger partial charge on any atom is 0.241 e. The van der Waals surface area contributed by atoms with Crippen LogP contribution in [0.3, 0.4) is 0 Å². The molecule has 0 unspecified atom stereocenters. The van der Waals surface area contributed by atoms with Gasteiger partial charge in [0.2, 0.25) is 11.8 Å². The third kappa shape index (κ3) is 7.86. The molecule has 1 heterocycles. The Kier molecular flexibility index (Phi) is 10.1. The van der Waals surface area contributed by atoms with Crippen molar-refractivity contribution in [1.29, 1.82) is 0 Å². The maximum absolute atomic E-state index is 12.1. The van der Waals surface area contributed by atoms with E-state index in [4.69, 9.17) is 5.73 Å². The lowest BCUT2D eigenvalue weighted by atomic mass is 10.1. The molecule has 0 radical (unpaired) electrons. The number of carbonyl (C=O) groups excluding carboxylic acids is 2. The summed E-state index contributed by atoms with van der Waals surface area (Å²) >= 11 is 0. The molecule has 0 aromatic heterocycles. The van der Waals surface area contributed by atoms with Crippen LogP contribution < -0.4 is 11.1 Å². The number of nitrogens with one attached hydrogen (secondary N) is 1. The standard InChI is InChI=1S/C18H28N4O2.ClH/c19-9-13-21(12-8-16-6-2-1-3-7-16)15-17(23)20-14-18(24)22-10-4-5-11-22;/h1-3,6-7H,4-5,8-15,19H2,(H,20,23);1H. The molecule has 1 aromatic carbocycles. The summed E-state index contributed by atoms with van der Waals surface area (Å²) in [5.74, 6) is -0.112. The van der Waals surface area contributed by atoms with Gasteiger partial charge in [0, 0.05) is 32.7 Å². The van der Waals surface area contributed by atoms with Crippen LogP contribution >= 0.6 is 12.4 Å². The summed E-state index contributed by atoms with van der Waals surface area (Å²) < 4.78 is 0. The molecule has 2 amide bonds. The molecule has 1 aliphatic rings. The second kappa shape index (κ2) is 11.8. The predicted octanol–water partition coefficient (Wildman–Crippen LogP) is 0.650. The van der Waals surface area contributed by atoms with Gasteiger partial charge in [0.05, 0.1) is 13.1 Å². The Balaban J connectivity index is 0.00000312. The largest absolute Gasteiger partial charge is 0.346 e. The van der Waals surface area contributed by atoms with Crippen LogP contribution in [0.2, 0.25) is 0 Å². The molecule has 0 spiro atoms. The van der Waals surface area contributed by atoms with E-state index in [1.807, 2.05) is 28.0 Å². The number of benzene rings is 1. The Bertz CT molecular complexity index is 521. The zero-order valence-corrected chi connectivity index (χ0v) is 15.5. The average Bonchev–Trinajstić information content (AvgIpc) is 3.13. The number of amides is 2. The molecule has 1 fully saturated rings. The van der Waals surface area contributed by atoms with Crippen molar-refractivity contribution in [1.82, 2.24) is 15.1 Å². The fourth-order valence-electron chi connectivity index (χ4n) is 2.90. The number of hydrogen-bond acceptors (Lipinski definition) is 4. The van der Waals surface area contributed by atoms with Crippen LogP contribution in [-0.2, 0) is 16.0 Å². The number of nitrogens with two attached hydrogens (primary N) is 1. The van der Waals surface area contributed by atoms with E-state index in [-0.39, 0.29) is 37.3 Å². The van der Waals surface area contributed by atoms with Gasteiger partial charge in [-0.25, -0.2) is 0 Å². The lowest BCUT2D eigenvalue weighted by Gasteiger charge is -2.21. The molecule has 1 saturated heterocycles.